The van der Waals surface area contributed by atoms with E-state index in [0.717, 1.165) is 12.3 Å². The number of sulfonamides is 1. The molecule has 0 aliphatic heterocycles. The van der Waals surface area contributed by atoms with Crippen LogP contribution >= 0.6 is 0 Å². The van der Waals surface area contributed by atoms with Gasteiger partial charge < -0.3 is 0 Å². The van der Waals surface area contributed by atoms with Gasteiger partial charge in [-0.25, -0.2) is 17.2 Å². The number of benzene rings is 1. The molecule has 0 spiro atoms. The number of hydrogen-bond acceptors (Lipinski definition) is 2. The Kier molecular flexibility index (Phi) is 3.28. The number of nitrogens with one attached hydrogen (secondary N) is 1. The van der Waals surface area contributed by atoms with Gasteiger partial charge in [-0.3, -0.25) is 4.72 Å². The van der Waals surface area contributed by atoms with Gasteiger partial charge in [-0.2, -0.15) is 0 Å². The number of halogens is 2. The van der Waals surface area contributed by atoms with Crippen LogP contribution in [-0.4, -0.2) is 14.7 Å². The molecule has 0 heterocycles. The SMILES string of the molecule is CCc1cc(F)cc(F)c1NS(C)(=O)=O. The van der Waals surface area contributed by atoms with Crippen molar-refractivity contribution in [1.29, 1.82) is 0 Å². The second-order valence-electron chi connectivity index (χ2n) is 3.15. The average Bonchev–Trinajstić information content (AvgIpc) is 2.07. The van der Waals surface area contributed by atoms with Crippen LogP contribution in [0.1, 0.15) is 12.5 Å². The lowest BCUT2D eigenvalue weighted by Crippen LogP contribution is -2.13. The molecule has 0 saturated carbocycles. The molecule has 0 atom stereocenters. The highest BCUT2D eigenvalue weighted by molar-refractivity contribution is 7.92. The molecule has 0 fully saturated rings. The third-order valence-electron chi connectivity index (χ3n) is 1.81. The van der Waals surface area contributed by atoms with Crippen molar-refractivity contribution in [2.75, 3.05) is 11.0 Å². The fraction of sp³-hybridized carbons (Fsp3) is 0.333. The molecule has 1 rings (SSSR count). The number of anilines is 1. The van der Waals surface area contributed by atoms with Crippen molar-refractivity contribution >= 4 is 15.7 Å². The Bertz CT molecular complexity index is 471. The summed E-state index contributed by atoms with van der Waals surface area (Å²) in [6, 6.07) is 1.75. The monoisotopic (exact) mass is 235 g/mol. The first-order valence-electron chi connectivity index (χ1n) is 4.29. The Morgan fingerprint density at radius 2 is 1.93 bits per heavy atom. The predicted molar refractivity (Wildman–Crippen MR) is 54.2 cm³/mol. The molecule has 0 amide bonds. The zero-order valence-corrected chi connectivity index (χ0v) is 9.16. The molecule has 0 saturated heterocycles. The minimum atomic E-state index is -3.56. The van der Waals surface area contributed by atoms with Crippen LogP contribution in [0.25, 0.3) is 0 Å². The lowest BCUT2D eigenvalue weighted by Gasteiger charge is -2.10. The molecule has 84 valence electrons. The van der Waals surface area contributed by atoms with E-state index in [-0.39, 0.29) is 11.3 Å². The van der Waals surface area contributed by atoms with E-state index in [1.54, 1.807) is 6.92 Å². The molecule has 0 radical (unpaired) electrons. The Balaban J connectivity index is 3.27. The van der Waals surface area contributed by atoms with Gasteiger partial charge in [0.05, 0.1) is 11.9 Å². The summed E-state index contributed by atoms with van der Waals surface area (Å²) in [7, 11) is -3.56. The molecule has 3 nitrogen and oxygen atoms in total. The molecular formula is C9H11F2NO2S. The number of hydrogen-bond donors (Lipinski definition) is 1. The quantitative estimate of drug-likeness (QED) is 0.869. The van der Waals surface area contributed by atoms with Crippen molar-refractivity contribution < 1.29 is 17.2 Å². The second-order valence-corrected chi connectivity index (χ2v) is 4.90. The summed E-state index contributed by atoms with van der Waals surface area (Å²) in [4.78, 5) is 0. The van der Waals surface area contributed by atoms with Crippen LogP contribution in [0.2, 0.25) is 0 Å². The van der Waals surface area contributed by atoms with Crippen LogP contribution in [0.4, 0.5) is 14.5 Å². The minimum Gasteiger partial charge on any atom is -0.281 e. The van der Waals surface area contributed by atoms with Gasteiger partial charge in [0.1, 0.15) is 11.6 Å². The first-order valence-corrected chi connectivity index (χ1v) is 6.18. The Morgan fingerprint density at radius 1 is 1.33 bits per heavy atom. The van der Waals surface area contributed by atoms with E-state index >= 15 is 0 Å². The van der Waals surface area contributed by atoms with Crippen molar-refractivity contribution in [2.24, 2.45) is 0 Å². The molecule has 1 aromatic rings. The summed E-state index contributed by atoms with van der Waals surface area (Å²) in [5, 5.41) is 0. The zero-order valence-electron chi connectivity index (χ0n) is 8.34. The highest BCUT2D eigenvalue weighted by Crippen LogP contribution is 2.23. The van der Waals surface area contributed by atoms with E-state index in [2.05, 4.69) is 0 Å². The maximum atomic E-state index is 13.3. The van der Waals surface area contributed by atoms with Gasteiger partial charge in [0.2, 0.25) is 10.0 Å². The standard InChI is InChI=1S/C9H11F2NO2S/c1-3-6-4-7(10)5-8(11)9(6)12-15(2,13)14/h4-5,12H,3H2,1-2H3. The Hall–Kier alpha value is -1.17. The van der Waals surface area contributed by atoms with E-state index in [9.17, 15) is 17.2 Å². The normalized spacial score (nSPS) is 11.5. The summed E-state index contributed by atoms with van der Waals surface area (Å²) < 4.78 is 50.0. The summed E-state index contributed by atoms with van der Waals surface area (Å²) in [6.45, 7) is 1.68. The van der Waals surface area contributed by atoms with Gasteiger partial charge in [-0.1, -0.05) is 6.92 Å². The molecule has 0 unspecified atom stereocenters. The van der Waals surface area contributed by atoms with E-state index in [4.69, 9.17) is 0 Å². The van der Waals surface area contributed by atoms with Gasteiger partial charge in [0, 0.05) is 6.07 Å². The number of rotatable bonds is 3. The van der Waals surface area contributed by atoms with Gasteiger partial charge in [0.25, 0.3) is 0 Å². The fourth-order valence-corrected chi connectivity index (χ4v) is 1.80. The van der Waals surface area contributed by atoms with Crippen LogP contribution in [0, 0.1) is 11.6 Å². The fourth-order valence-electron chi connectivity index (χ4n) is 1.21. The van der Waals surface area contributed by atoms with Crippen molar-refractivity contribution in [3.63, 3.8) is 0 Å². The van der Waals surface area contributed by atoms with Crippen LogP contribution in [0.3, 0.4) is 0 Å². The molecule has 15 heavy (non-hydrogen) atoms. The minimum absolute atomic E-state index is 0.179. The van der Waals surface area contributed by atoms with Crippen LogP contribution in [0.5, 0.6) is 0 Å². The maximum Gasteiger partial charge on any atom is 0.229 e. The van der Waals surface area contributed by atoms with Gasteiger partial charge in [-0.15, -0.1) is 0 Å². The van der Waals surface area contributed by atoms with E-state index < -0.39 is 21.7 Å². The Labute approximate surface area is 87.2 Å². The molecule has 0 aromatic heterocycles. The molecule has 1 N–H and O–H groups in total. The van der Waals surface area contributed by atoms with Gasteiger partial charge >= 0.3 is 0 Å². The van der Waals surface area contributed by atoms with E-state index in [1.807, 2.05) is 4.72 Å². The third-order valence-corrected chi connectivity index (χ3v) is 2.38. The second kappa shape index (κ2) is 4.14. The maximum absolute atomic E-state index is 13.3. The zero-order chi connectivity index (χ0) is 11.6. The third kappa shape index (κ3) is 3.16. The highest BCUT2D eigenvalue weighted by Gasteiger charge is 2.13. The molecule has 6 heteroatoms. The summed E-state index contributed by atoms with van der Waals surface area (Å²) in [5.74, 6) is -1.62. The van der Waals surface area contributed by atoms with Crippen molar-refractivity contribution in [3.8, 4) is 0 Å². The summed E-state index contributed by atoms with van der Waals surface area (Å²) in [5.41, 5.74) is 0.110. The average molecular weight is 235 g/mol. The molecule has 0 aliphatic carbocycles. The smallest absolute Gasteiger partial charge is 0.229 e. The lowest BCUT2D eigenvalue weighted by molar-refractivity contribution is 0.581. The number of aryl methyl sites for hydroxylation is 1. The van der Waals surface area contributed by atoms with E-state index in [0.29, 0.717) is 12.5 Å². The van der Waals surface area contributed by atoms with Crippen LogP contribution in [-0.2, 0) is 16.4 Å². The van der Waals surface area contributed by atoms with Crippen molar-refractivity contribution in [1.82, 2.24) is 0 Å². The topological polar surface area (TPSA) is 46.2 Å². The highest BCUT2D eigenvalue weighted by atomic mass is 32.2. The van der Waals surface area contributed by atoms with Crippen LogP contribution < -0.4 is 4.72 Å². The van der Waals surface area contributed by atoms with E-state index in [1.165, 1.54) is 0 Å². The molecule has 0 aliphatic rings. The van der Waals surface area contributed by atoms with Crippen molar-refractivity contribution in [3.05, 3.63) is 29.3 Å². The first-order chi connectivity index (χ1) is 6.83. The summed E-state index contributed by atoms with van der Waals surface area (Å²) >= 11 is 0. The lowest BCUT2D eigenvalue weighted by atomic mass is 10.1. The summed E-state index contributed by atoms with van der Waals surface area (Å²) in [6.07, 6.45) is 1.25. The van der Waals surface area contributed by atoms with Gasteiger partial charge in [0.15, 0.2) is 0 Å². The molecule has 0 bridgehead atoms. The van der Waals surface area contributed by atoms with Crippen molar-refractivity contribution in [2.45, 2.75) is 13.3 Å². The van der Waals surface area contributed by atoms with Crippen LogP contribution in [0.15, 0.2) is 12.1 Å². The van der Waals surface area contributed by atoms with Gasteiger partial charge in [-0.05, 0) is 18.1 Å². The molecule has 1 aromatic carbocycles. The largest absolute Gasteiger partial charge is 0.281 e. The Morgan fingerprint density at radius 3 is 2.40 bits per heavy atom. The predicted octanol–water partition coefficient (Wildman–Crippen LogP) is 1.90. The first kappa shape index (κ1) is 11.9. The molecular weight excluding hydrogens is 224 g/mol.